The second-order valence-electron chi connectivity index (χ2n) is 5.50. The average molecular weight is 272 g/mol. The molecule has 0 bridgehead atoms. The van der Waals surface area contributed by atoms with Gasteiger partial charge >= 0.3 is 0 Å². The molecule has 1 amide bonds. The highest BCUT2D eigenvalue weighted by molar-refractivity contribution is 5.83. The van der Waals surface area contributed by atoms with Gasteiger partial charge in [-0.3, -0.25) is 4.79 Å². The first kappa shape index (κ1) is 14.8. The Morgan fingerprint density at radius 1 is 1.30 bits per heavy atom. The van der Waals surface area contributed by atoms with Gasteiger partial charge in [-0.25, -0.2) is 5.43 Å². The largest absolute Gasteiger partial charge is 0.273 e. The summed E-state index contributed by atoms with van der Waals surface area (Å²) in [6.45, 7) is 2.20. The van der Waals surface area contributed by atoms with Gasteiger partial charge in [0.1, 0.15) is 0 Å². The zero-order chi connectivity index (χ0) is 14.2. The van der Waals surface area contributed by atoms with Crippen LogP contribution in [0.4, 0.5) is 0 Å². The molecule has 0 aliphatic heterocycles. The van der Waals surface area contributed by atoms with E-state index in [0.717, 1.165) is 19.3 Å². The SMILES string of the molecule is CCCCCC/C=N\NC(=O)[C@@H]1C[C@H]1c1ccccc1. The molecule has 1 N–H and O–H groups in total. The predicted molar refractivity (Wildman–Crippen MR) is 82.7 cm³/mol. The predicted octanol–water partition coefficient (Wildman–Crippen LogP) is 3.86. The van der Waals surface area contributed by atoms with E-state index in [1.165, 1.54) is 24.8 Å². The van der Waals surface area contributed by atoms with Gasteiger partial charge in [0.05, 0.1) is 0 Å². The standard InChI is InChI=1S/C17H24N2O/c1-2-3-4-5-9-12-18-19-17(20)16-13-15(16)14-10-7-6-8-11-14/h6-8,10-12,15-16H,2-5,9,13H2,1H3,(H,19,20)/b18-12-/t15-,16+/m0/s1. The van der Waals surface area contributed by atoms with E-state index >= 15 is 0 Å². The molecule has 1 saturated carbocycles. The van der Waals surface area contributed by atoms with Crippen LogP contribution in [0.25, 0.3) is 0 Å². The van der Waals surface area contributed by atoms with Crippen LogP contribution in [0.2, 0.25) is 0 Å². The van der Waals surface area contributed by atoms with E-state index in [1.54, 1.807) is 0 Å². The number of hydrogen-bond acceptors (Lipinski definition) is 2. The van der Waals surface area contributed by atoms with Crippen LogP contribution in [-0.4, -0.2) is 12.1 Å². The Labute approximate surface area is 121 Å². The molecule has 0 spiro atoms. The Bertz CT molecular complexity index is 442. The highest BCUT2D eigenvalue weighted by atomic mass is 16.2. The van der Waals surface area contributed by atoms with Crippen LogP contribution in [0.15, 0.2) is 35.4 Å². The molecule has 1 aliphatic rings. The molecule has 2 rings (SSSR count). The third kappa shape index (κ3) is 4.48. The van der Waals surface area contributed by atoms with Gasteiger partial charge in [-0.2, -0.15) is 5.10 Å². The van der Waals surface area contributed by atoms with Crippen LogP contribution >= 0.6 is 0 Å². The van der Waals surface area contributed by atoms with Crippen LogP contribution in [0.1, 0.15) is 56.9 Å². The lowest BCUT2D eigenvalue weighted by Crippen LogP contribution is -2.19. The summed E-state index contributed by atoms with van der Waals surface area (Å²) in [6, 6.07) is 10.2. The molecular formula is C17H24N2O. The summed E-state index contributed by atoms with van der Waals surface area (Å²) in [4.78, 5) is 11.9. The van der Waals surface area contributed by atoms with E-state index in [-0.39, 0.29) is 11.8 Å². The van der Waals surface area contributed by atoms with Crippen LogP contribution in [0.3, 0.4) is 0 Å². The van der Waals surface area contributed by atoms with E-state index in [0.29, 0.717) is 5.92 Å². The molecule has 0 unspecified atom stereocenters. The lowest BCUT2D eigenvalue weighted by atomic mass is 10.1. The zero-order valence-electron chi connectivity index (χ0n) is 12.2. The molecule has 1 aromatic rings. The van der Waals surface area contributed by atoms with Gasteiger partial charge < -0.3 is 0 Å². The molecule has 1 aromatic carbocycles. The van der Waals surface area contributed by atoms with Crippen molar-refractivity contribution >= 4 is 12.1 Å². The maximum atomic E-state index is 11.9. The Balaban J connectivity index is 1.63. The summed E-state index contributed by atoms with van der Waals surface area (Å²) >= 11 is 0. The summed E-state index contributed by atoms with van der Waals surface area (Å²) in [7, 11) is 0. The van der Waals surface area contributed by atoms with Crippen molar-refractivity contribution in [3.8, 4) is 0 Å². The molecule has 3 nitrogen and oxygen atoms in total. The summed E-state index contributed by atoms with van der Waals surface area (Å²) < 4.78 is 0. The molecule has 1 fully saturated rings. The van der Waals surface area contributed by atoms with Crippen molar-refractivity contribution in [2.75, 3.05) is 0 Å². The molecule has 1 aliphatic carbocycles. The smallest absolute Gasteiger partial charge is 0.243 e. The Kier molecular flexibility index (Phi) is 5.78. The quantitative estimate of drug-likeness (QED) is 0.436. The third-order valence-corrected chi connectivity index (χ3v) is 3.81. The number of amides is 1. The fourth-order valence-corrected chi connectivity index (χ4v) is 2.47. The van der Waals surface area contributed by atoms with Gasteiger partial charge in [-0.1, -0.05) is 56.5 Å². The number of nitrogens with zero attached hydrogens (tertiary/aromatic N) is 1. The topological polar surface area (TPSA) is 41.5 Å². The fourth-order valence-electron chi connectivity index (χ4n) is 2.47. The summed E-state index contributed by atoms with van der Waals surface area (Å²) in [5.74, 6) is 0.550. The second kappa shape index (κ2) is 7.83. The van der Waals surface area contributed by atoms with Crippen molar-refractivity contribution in [3.05, 3.63) is 35.9 Å². The van der Waals surface area contributed by atoms with Gasteiger partial charge in [0.2, 0.25) is 5.91 Å². The summed E-state index contributed by atoms with van der Waals surface area (Å²) in [6.07, 6.45) is 8.65. The first-order valence-electron chi connectivity index (χ1n) is 7.69. The molecule has 0 saturated heterocycles. The molecule has 2 atom stereocenters. The van der Waals surface area contributed by atoms with Crippen molar-refractivity contribution < 1.29 is 4.79 Å². The lowest BCUT2D eigenvalue weighted by Gasteiger charge is -2.00. The van der Waals surface area contributed by atoms with Gasteiger partial charge in [-0.15, -0.1) is 0 Å². The van der Waals surface area contributed by atoms with Crippen molar-refractivity contribution in [1.82, 2.24) is 5.43 Å². The molecule has 20 heavy (non-hydrogen) atoms. The van der Waals surface area contributed by atoms with Crippen LogP contribution in [-0.2, 0) is 4.79 Å². The summed E-state index contributed by atoms with van der Waals surface area (Å²) in [5.41, 5.74) is 3.93. The number of benzene rings is 1. The number of carbonyl (C=O) groups excluding carboxylic acids is 1. The molecular weight excluding hydrogens is 248 g/mol. The minimum Gasteiger partial charge on any atom is -0.273 e. The molecule has 0 heterocycles. The number of hydrogen-bond donors (Lipinski definition) is 1. The number of hydrazone groups is 1. The van der Waals surface area contributed by atoms with Crippen LogP contribution < -0.4 is 5.43 Å². The first-order valence-corrected chi connectivity index (χ1v) is 7.69. The molecule has 0 aromatic heterocycles. The minimum atomic E-state index is 0.0589. The molecule has 3 heteroatoms. The fraction of sp³-hybridized carbons (Fsp3) is 0.529. The average Bonchev–Trinajstić information content (AvgIpc) is 3.27. The van der Waals surface area contributed by atoms with Crippen molar-refractivity contribution in [1.29, 1.82) is 0 Å². The van der Waals surface area contributed by atoms with Gasteiger partial charge in [0.25, 0.3) is 0 Å². The van der Waals surface area contributed by atoms with Gasteiger partial charge in [0.15, 0.2) is 0 Å². The first-order chi connectivity index (χ1) is 9.83. The van der Waals surface area contributed by atoms with E-state index in [1.807, 2.05) is 24.4 Å². The Hall–Kier alpha value is -1.64. The number of carbonyl (C=O) groups is 1. The van der Waals surface area contributed by atoms with E-state index < -0.39 is 0 Å². The number of unbranched alkanes of at least 4 members (excludes halogenated alkanes) is 4. The normalized spacial score (nSPS) is 21.1. The highest BCUT2D eigenvalue weighted by Gasteiger charge is 2.43. The van der Waals surface area contributed by atoms with Gasteiger partial charge in [-0.05, 0) is 30.7 Å². The third-order valence-electron chi connectivity index (χ3n) is 3.81. The molecule has 108 valence electrons. The van der Waals surface area contributed by atoms with Crippen LogP contribution in [0.5, 0.6) is 0 Å². The lowest BCUT2D eigenvalue weighted by molar-refractivity contribution is -0.122. The Morgan fingerprint density at radius 2 is 2.10 bits per heavy atom. The minimum absolute atomic E-state index is 0.0589. The number of rotatable bonds is 8. The highest BCUT2D eigenvalue weighted by Crippen LogP contribution is 2.47. The van der Waals surface area contributed by atoms with Gasteiger partial charge in [0, 0.05) is 12.1 Å². The maximum absolute atomic E-state index is 11.9. The Morgan fingerprint density at radius 3 is 2.85 bits per heavy atom. The van der Waals surface area contributed by atoms with Crippen molar-refractivity contribution in [2.45, 2.75) is 51.4 Å². The zero-order valence-corrected chi connectivity index (χ0v) is 12.2. The monoisotopic (exact) mass is 272 g/mol. The van der Waals surface area contributed by atoms with Crippen molar-refractivity contribution in [2.24, 2.45) is 11.0 Å². The van der Waals surface area contributed by atoms with Crippen molar-refractivity contribution in [3.63, 3.8) is 0 Å². The maximum Gasteiger partial charge on any atom is 0.243 e. The van der Waals surface area contributed by atoms with E-state index in [4.69, 9.17) is 0 Å². The van der Waals surface area contributed by atoms with E-state index in [9.17, 15) is 4.79 Å². The van der Waals surface area contributed by atoms with E-state index in [2.05, 4.69) is 29.6 Å². The second-order valence-corrected chi connectivity index (χ2v) is 5.50. The number of nitrogens with one attached hydrogen (secondary N) is 1. The van der Waals surface area contributed by atoms with Crippen LogP contribution in [0, 0.1) is 5.92 Å². The molecule has 0 radical (unpaired) electrons. The summed E-state index contributed by atoms with van der Waals surface area (Å²) in [5, 5.41) is 4.03.